The highest BCUT2D eigenvalue weighted by molar-refractivity contribution is 7.26. The molecule has 0 radical (unpaired) electrons. The van der Waals surface area contributed by atoms with Crippen LogP contribution in [0.3, 0.4) is 0 Å². The maximum atomic E-state index is 6.62. The number of benzene rings is 8. The fourth-order valence-corrected chi connectivity index (χ4v) is 9.18. The highest BCUT2D eigenvalue weighted by Crippen LogP contribution is 2.44. The van der Waals surface area contributed by atoms with Crippen molar-refractivity contribution in [2.24, 2.45) is 0 Å². The SMILES string of the molecule is c1ccc(-c2cccc(-c3cccc4c3sc3c(-c5nc(-c6ccccc6)nc(-c6cccc7c6oc6ccc(-c8ccccc8)cc67)n5)cccc34)c2)cc1. The molecule has 0 atom stereocenters. The number of hydrogen-bond acceptors (Lipinski definition) is 5. The molecule has 0 aliphatic heterocycles. The summed E-state index contributed by atoms with van der Waals surface area (Å²) in [5.74, 6) is 1.80. The summed E-state index contributed by atoms with van der Waals surface area (Å²) in [5, 5.41) is 4.48. The van der Waals surface area contributed by atoms with Crippen molar-refractivity contribution in [1.29, 1.82) is 0 Å². The summed E-state index contributed by atoms with van der Waals surface area (Å²) in [6.07, 6.45) is 0. The highest BCUT2D eigenvalue weighted by Gasteiger charge is 2.21. The molecule has 0 saturated carbocycles. The van der Waals surface area contributed by atoms with Gasteiger partial charge in [0.05, 0.1) is 5.56 Å². The van der Waals surface area contributed by atoms with E-state index in [-0.39, 0.29) is 0 Å². The molecule has 56 heavy (non-hydrogen) atoms. The fraction of sp³-hybridized carbons (Fsp3) is 0. The van der Waals surface area contributed by atoms with E-state index in [2.05, 4.69) is 146 Å². The molecule has 0 amide bonds. The number of fused-ring (bicyclic) bond motifs is 6. The summed E-state index contributed by atoms with van der Waals surface area (Å²) < 4.78 is 9.00. The molecule has 5 heteroatoms. The van der Waals surface area contributed by atoms with Gasteiger partial charge in [-0.05, 0) is 63.7 Å². The van der Waals surface area contributed by atoms with Crippen LogP contribution in [0, 0.1) is 0 Å². The van der Waals surface area contributed by atoms with E-state index in [9.17, 15) is 0 Å². The predicted molar refractivity (Wildman–Crippen MR) is 233 cm³/mol. The average molecular weight is 734 g/mol. The third-order valence-corrected chi connectivity index (χ3v) is 11.8. The lowest BCUT2D eigenvalue weighted by Crippen LogP contribution is -2.00. The largest absolute Gasteiger partial charge is 0.455 e. The fourth-order valence-electron chi connectivity index (χ4n) is 7.84. The molecule has 0 N–H and O–H groups in total. The van der Waals surface area contributed by atoms with E-state index in [0.29, 0.717) is 17.5 Å². The molecule has 0 fully saturated rings. The second-order valence-corrected chi connectivity index (χ2v) is 15.0. The van der Waals surface area contributed by atoms with Gasteiger partial charge in [0.25, 0.3) is 0 Å². The van der Waals surface area contributed by atoms with Gasteiger partial charge in [0, 0.05) is 42.1 Å². The molecule has 4 nitrogen and oxygen atoms in total. The summed E-state index contributed by atoms with van der Waals surface area (Å²) in [6, 6.07) is 65.7. The Morgan fingerprint density at radius 3 is 1.52 bits per heavy atom. The molecule has 0 aliphatic rings. The second-order valence-electron chi connectivity index (χ2n) is 13.9. The van der Waals surface area contributed by atoms with Gasteiger partial charge in [-0.25, -0.2) is 15.0 Å². The maximum Gasteiger partial charge on any atom is 0.167 e. The van der Waals surface area contributed by atoms with Gasteiger partial charge in [0.15, 0.2) is 17.5 Å². The molecular formula is C51H31N3OS. The minimum absolute atomic E-state index is 0.568. The third kappa shape index (κ3) is 5.48. The minimum atomic E-state index is 0.568. The van der Waals surface area contributed by atoms with E-state index < -0.39 is 0 Å². The van der Waals surface area contributed by atoms with E-state index in [4.69, 9.17) is 19.4 Å². The molecule has 3 aromatic heterocycles. The number of nitrogens with zero attached hydrogens (tertiary/aromatic N) is 3. The van der Waals surface area contributed by atoms with Crippen molar-refractivity contribution in [2.75, 3.05) is 0 Å². The Kier molecular flexibility index (Phi) is 7.64. The molecule has 11 aromatic rings. The summed E-state index contributed by atoms with van der Waals surface area (Å²) >= 11 is 1.80. The summed E-state index contributed by atoms with van der Waals surface area (Å²) in [7, 11) is 0. The molecule has 0 spiro atoms. The number of furan rings is 1. The predicted octanol–water partition coefficient (Wildman–Crippen LogP) is 14.1. The van der Waals surface area contributed by atoms with Crippen LogP contribution in [0.25, 0.3) is 110 Å². The van der Waals surface area contributed by atoms with Crippen molar-refractivity contribution in [3.05, 3.63) is 188 Å². The Hall–Kier alpha value is -7.21. The average Bonchev–Trinajstić information content (AvgIpc) is 3.86. The molecule has 0 bridgehead atoms. The molecule has 0 saturated heterocycles. The quantitative estimate of drug-likeness (QED) is 0.171. The van der Waals surface area contributed by atoms with Crippen molar-refractivity contribution in [1.82, 2.24) is 15.0 Å². The van der Waals surface area contributed by atoms with Crippen LogP contribution in [-0.4, -0.2) is 15.0 Å². The van der Waals surface area contributed by atoms with Crippen LogP contribution in [0.5, 0.6) is 0 Å². The first kappa shape index (κ1) is 32.2. The van der Waals surface area contributed by atoms with Crippen LogP contribution in [0.4, 0.5) is 0 Å². The second kappa shape index (κ2) is 13.3. The van der Waals surface area contributed by atoms with Crippen LogP contribution in [-0.2, 0) is 0 Å². The Balaban J connectivity index is 1.09. The number of aromatic nitrogens is 3. The lowest BCUT2D eigenvalue weighted by atomic mass is 9.98. The van der Waals surface area contributed by atoms with Gasteiger partial charge in [-0.15, -0.1) is 11.3 Å². The van der Waals surface area contributed by atoms with Gasteiger partial charge in [-0.3, -0.25) is 0 Å². The monoisotopic (exact) mass is 733 g/mol. The number of rotatable bonds is 6. The summed E-state index contributed by atoms with van der Waals surface area (Å²) in [4.78, 5) is 15.5. The van der Waals surface area contributed by atoms with Gasteiger partial charge in [-0.2, -0.15) is 0 Å². The maximum absolute atomic E-state index is 6.62. The van der Waals surface area contributed by atoms with Gasteiger partial charge < -0.3 is 4.42 Å². The van der Waals surface area contributed by atoms with E-state index in [0.717, 1.165) is 54.5 Å². The van der Waals surface area contributed by atoms with Crippen molar-refractivity contribution < 1.29 is 4.42 Å². The van der Waals surface area contributed by atoms with E-state index in [1.807, 2.05) is 42.5 Å². The zero-order valence-electron chi connectivity index (χ0n) is 30.1. The summed E-state index contributed by atoms with van der Waals surface area (Å²) in [6.45, 7) is 0. The van der Waals surface area contributed by atoms with Crippen LogP contribution < -0.4 is 0 Å². The zero-order valence-corrected chi connectivity index (χ0v) is 30.9. The first-order chi connectivity index (χ1) is 27.7. The van der Waals surface area contributed by atoms with Crippen molar-refractivity contribution in [3.63, 3.8) is 0 Å². The van der Waals surface area contributed by atoms with Crippen LogP contribution in [0.15, 0.2) is 192 Å². The van der Waals surface area contributed by atoms with Crippen molar-refractivity contribution in [2.45, 2.75) is 0 Å². The van der Waals surface area contributed by atoms with Crippen molar-refractivity contribution in [3.8, 4) is 67.5 Å². The highest BCUT2D eigenvalue weighted by atomic mass is 32.1. The first-order valence-corrected chi connectivity index (χ1v) is 19.5. The van der Waals surface area contributed by atoms with Crippen LogP contribution >= 0.6 is 11.3 Å². The lowest BCUT2D eigenvalue weighted by molar-refractivity contribution is 0.669. The smallest absolute Gasteiger partial charge is 0.167 e. The molecule has 0 aliphatic carbocycles. The standard InChI is InChI=1S/C51H31N3OS/c1-4-14-32(15-5-1)35-20-10-21-37(30-35)38-22-11-24-40-41-25-13-27-43(48(41)56-47(38)40)51-53-49(34-18-8-3-9-19-34)52-50(54-51)42-26-12-23-39-44-31-36(33-16-6-2-7-17-33)28-29-45(44)55-46(39)42/h1-31H. The Morgan fingerprint density at radius 1 is 0.321 bits per heavy atom. The molecule has 8 aromatic carbocycles. The molecular weight excluding hydrogens is 703 g/mol. The molecule has 0 unspecified atom stereocenters. The van der Waals surface area contributed by atoms with Gasteiger partial charge in [0.2, 0.25) is 0 Å². The van der Waals surface area contributed by atoms with Gasteiger partial charge >= 0.3 is 0 Å². The summed E-state index contributed by atoms with van der Waals surface area (Å²) in [5.41, 5.74) is 11.4. The third-order valence-electron chi connectivity index (χ3n) is 10.6. The molecule has 3 heterocycles. The van der Waals surface area contributed by atoms with Crippen LogP contribution in [0.1, 0.15) is 0 Å². The van der Waals surface area contributed by atoms with Gasteiger partial charge in [-0.1, -0.05) is 158 Å². The van der Waals surface area contributed by atoms with E-state index >= 15 is 0 Å². The first-order valence-electron chi connectivity index (χ1n) is 18.7. The number of para-hydroxylation sites is 1. The van der Waals surface area contributed by atoms with Gasteiger partial charge in [0.1, 0.15) is 11.2 Å². The topological polar surface area (TPSA) is 51.8 Å². The Labute approximate surface area is 327 Å². The zero-order chi connectivity index (χ0) is 37.0. The Bertz CT molecular complexity index is 3240. The number of thiophene rings is 1. The Morgan fingerprint density at radius 2 is 0.821 bits per heavy atom. The van der Waals surface area contributed by atoms with Crippen molar-refractivity contribution >= 4 is 53.4 Å². The molecule has 262 valence electrons. The minimum Gasteiger partial charge on any atom is -0.455 e. The molecule has 11 rings (SSSR count). The van der Waals surface area contributed by atoms with Crippen LogP contribution in [0.2, 0.25) is 0 Å². The van der Waals surface area contributed by atoms with E-state index in [1.165, 1.54) is 37.7 Å². The normalized spacial score (nSPS) is 11.6. The number of hydrogen-bond donors (Lipinski definition) is 0. The van der Waals surface area contributed by atoms with E-state index in [1.54, 1.807) is 11.3 Å². The lowest BCUT2D eigenvalue weighted by Gasteiger charge is -2.09.